The Balaban J connectivity index is 1.77. The van der Waals surface area contributed by atoms with Gasteiger partial charge in [-0.15, -0.1) is 0 Å². The van der Waals surface area contributed by atoms with Crippen LogP contribution in [0.5, 0.6) is 5.75 Å². The zero-order chi connectivity index (χ0) is 19.6. The van der Waals surface area contributed by atoms with Crippen molar-refractivity contribution < 1.29 is 18.7 Å². The molecule has 0 saturated carbocycles. The second kappa shape index (κ2) is 7.41. The zero-order valence-electron chi connectivity index (χ0n) is 15.6. The maximum atomic E-state index is 12.5. The first-order valence-corrected chi connectivity index (χ1v) is 8.40. The topological polar surface area (TPSA) is 85.5 Å². The number of nitrogens with one attached hydrogen (secondary N) is 2. The molecule has 7 heteroatoms. The summed E-state index contributed by atoms with van der Waals surface area (Å²) in [6.45, 7) is 5.45. The van der Waals surface area contributed by atoms with Gasteiger partial charge in [-0.2, -0.15) is 0 Å². The Morgan fingerprint density at radius 3 is 2.15 bits per heavy atom. The molecule has 27 heavy (non-hydrogen) atoms. The summed E-state index contributed by atoms with van der Waals surface area (Å²) in [6, 6.07) is 10.9. The third-order valence-corrected chi connectivity index (χ3v) is 4.40. The molecule has 0 aliphatic carbocycles. The smallest absolute Gasteiger partial charge is 0.273 e. The van der Waals surface area contributed by atoms with E-state index in [0.717, 1.165) is 22.8 Å². The average Bonchev–Trinajstić information content (AvgIpc) is 3.22. The summed E-state index contributed by atoms with van der Waals surface area (Å²) in [5.41, 5.74) is 8.31. The van der Waals surface area contributed by atoms with Crippen molar-refractivity contribution in [2.75, 3.05) is 7.11 Å². The maximum Gasteiger partial charge on any atom is 0.273 e. The fraction of sp³-hybridized carbons (Fsp3) is 0.200. The Kier molecular flexibility index (Phi) is 5.03. The zero-order valence-corrected chi connectivity index (χ0v) is 15.6. The molecule has 0 fully saturated rings. The lowest BCUT2D eigenvalue weighted by Crippen LogP contribution is -2.41. The largest absolute Gasteiger partial charge is 0.497 e. The summed E-state index contributed by atoms with van der Waals surface area (Å²) in [4.78, 5) is 24.6. The molecule has 0 aliphatic heterocycles. The Morgan fingerprint density at radius 2 is 1.59 bits per heavy atom. The molecule has 2 N–H and O–H groups in total. The Bertz CT molecular complexity index is 983. The molecule has 0 bridgehead atoms. The van der Waals surface area contributed by atoms with E-state index < -0.39 is 11.8 Å². The number of rotatable bonds is 4. The number of furan rings is 1. The number of hydrogen-bond acceptors (Lipinski definition) is 4. The number of carbonyl (C=O) groups excluding carboxylic acids is 2. The lowest BCUT2D eigenvalue weighted by Gasteiger charge is -2.11. The predicted molar refractivity (Wildman–Crippen MR) is 100 cm³/mol. The van der Waals surface area contributed by atoms with E-state index in [-0.39, 0.29) is 0 Å². The summed E-state index contributed by atoms with van der Waals surface area (Å²) >= 11 is 0. The molecule has 0 radical (unpaired) electrons. The molecule has 2 heterocycles. The third-order valence-electron chi connectivity index (χ3n) is 4.40. The lowest BCUT2D eigenvalue weighted by atomic mass is 10.2. The van der Waals surface area contributed by atoms with Crippen LogP contribution in [0.4, 0.5) is 0 Å². The minimum atomic E-state index is -0.432. The van der Waals surface area contributed by atoms with Gasteiger partial charge < -0.3 is 13.7 Å². The molecule has 140 valence electrons. The minimum absolute atomic E-state index is 0.374. The summed E-state index contributed by atoms with van der Waals surface area (Å²) in [7, 11) is 1.61. The molecule has 0 aliphatic rings. The maximum absolute atomic E-state index is 12.5. The summed E-state index contributed by atoms with van der Waals surface area (Å²) in [6.07, 6.45) is 1.43. The van der Waals surface area contributed by atoms with E-state index in [1.54, 1.807) is 26.2 Å². The van der Waals surface area contributed by atoms with Crippen LogP contribution in [0.25, 0.3) is 5.69 Å². The highest BCUT2D eigenvalue weighted by molar-refractivity contribution is 6.00. The van der Waals surface area contributed by atoms with Crippen molar-refractivity contribution in [1.82, 2.24) is 15.4 Å². The van der Waals surface area contributed by atoms with Crippen LogP contribution in [0.15, 0.2) is 47.1 Å². The number of aromatic nitrogens is 1. The highest BCUT2D eigenvalue weighted by Crippen LogP contribution is 2.22. The fourth-order valence-electron chi connectivity index (χ4n) is 2.99. The molecule has 0 saturated heterocycles. The molecule has 0 spiro atoms. The van der Waals surface area contributed by atoms with Crippen LogP contribution in [-0.2, 0) is 0 Å². The van der Waals surface area contributed by atoms with Crippen molar-refractivity contribution in [1.29, 1.82) is 0 Å². The van der Waals surface area contributed by atoms with Crippen LogP contribution in [0.1, 0.15) is 37.9 Å². The van der Waals surface area contributed by atoms with E-state index >= 15 is 0 Å². The molecule has 3 aromatic rings. The number of ether oxygens (including phenoxy) is 1. The van der Waals surface area contributed by atoms with E-state index in [0.29, 0.717) is 16.9 Å². The van der Waals surface area contributed by atoms with E-state index in [1.165, 1.54) is 6.26 Å². The number of nitrogens with zero attached hydrogens (tertiary/aromatic N) is 1. The molecule has 1 aromatic carbocycles. The van der Waals surface area contributed by atoms with E-state index in [2.05, 4.69) is 10.9 Å². The minimum Gasteiger partial charge on any atom is -0.497 e. The van der Waals surface area contributed by atoms with Crippen molar-refractivity contribution in [2.45, 2.75) is 20.8 Å². The van der Waals surface area contributed by atoms with Crippen LogP contribution in [-0.4, -0.2) is 23.5 Å². The van der Waals surface area contributed by atoms with Gasteiger partial charge in [-0.1, -0.05) is 0 Å². The second-order valence-corrected chi connectivity index (χ2v) is 6.12. The first-order valence-electron chi connectivity index (χ1n) is 8.40. The number of methoxy groups -OCH3 is 1. The van der Waals surface area contributed by atoms with Crippen molar-refractivity contribution in [3.8, 4) is 11.4 Å². The van der Waals surface area contributed by atoms with Gasteiger partial charge in [0, 0.05) is 17.1 Å². The van der Waals surface area contributed by atoms with Crippen molar-refractivity contribution in [3.05, 3.63) is 70.9 Å². The monoisotopic (exact) mass is 367 g/mol. The number of amides is 2. The Labute approximate surface area is 156 Å². The van der Waals surface area contributed by atoms with Crippen LogP contribution in [0.3, 0.4) is 0 Å². The van der Waals surface area contributed by atoms with Crippen LogP contribution < -0.4 is 15.6 Å². The number of benzene rings is 1. The molecule has 0 atom stereocenters. The van der Waals surface area contributed by atoms with Crippen molar-refractivity contribution >= 4 is 11.8 Å². The molecule has 7 nitrogen and oxygen atoms in total. The van der Waals surface area contributed by atoms with Crippen LogP contribution >= 0.6 is 0 Å². The predicted octanol–water partition coefficient (Wildman–Crippen LogP) is 3.08. The number of hydrazine groups is 1. The second-order valence-electron chi connectivity index (χ2n) is 6.12. The van der Waals surface area contributed by atoms with Crippen LogP contribution in [0, 0.1) is 20.8 Å². The number of carbonyl (C=O) groups is 2. The fourth-order valence-corrected chi connectivity index (χ4v) is 2.99. The van der Waals surface area contributed by atoms with Gasteiger partial charge in [0.1, 0.15) is 11.5 Å². The van der Waals surface area contributed by atoms with Gasteiger partial charge in [0.15, 0.2) is 0 Å². The lowest BCUT2D eigenvalue weighted by molar-refractivity contribution is 0.0845. The van der Waals surface area contributed by atoms with Gasteiger partial charge in [-0.25, -0.2) is 0 Å². The summed E-state index contributed by atoms with van der Waals surface area (Å²) in [5.74, 6) is 0.423. The highest BCUT2D eigenvalue weighted by atomic mass is 16.5. The van der Waals surface area contributed by atoms with Gasteiger partial charge in [-0.3, -0.25) is 20.4 Å². The molecular weight excluding hydrogens is 346 g/mol. The average molecular weight is 367 g/mol. The van der Waals surface area contributed by atoms with E-state index in [4.69, 9.17) is 9.15 Å². The summed E-state index contributed by atoms with van der Waals surface area (Å²) < 4.78 is 12.2. The van der Waals surface area contributed by atoms with E-state index in [9.17, 15) is 9.59 Å². The van der Waals surface area contributed by atoms with Gasteiger partial charge in [0.05, 0.1) is 24.5 Å². The first kappa shape index (κ1) is 18.3. The Hall–Kier alpha value is -3.48. The first-order chi connectivity index (χ1) is 12.9. The molecular formula is C20H21N3O4. The number of aryl methyl sites for hydroxylation is 2. The SMILES string of the molecule is COc1ccc(-n2c(C)cc(C(=O)NNC(=O)c3ccoc3C)c2C)cc1. The summed E-state index contributed by atoms with van der Waals surface area (Å²) in [5, 5.41) is 0. The van der Waals surface area contributed by atoms with Gasteiger partial charge >= 0.3 is 0 Å². The van der Waals surface area contributed by atoms with Crippen LogP contribution in [0.2, 0.25) is 0 Å². The molecule has 2 amide bonds. The van der Waals surface area contributed by atoms with E-state index in [1.807, 2.05) is 42.7 Å². The molecule has 0 unspecified atom stereocenters. The number of hydrogen-bond donors (Lipinski definition) is 2. The van der Waals surface area contributed by atoms with Crippen molar-refractivity contribution in [3.63, 3.8) is 0 Å². The van der Waals surface area contributed by atoms with Crippen molar-refractivity contribution in [2.24, 2.45) is 0 Å². The van der Waals surface area contributed by atoms with Gasteiger partial charge in [-0.05, 0) is 57.2 Å². The molecule has 2 aromatic heterocycles. The Morgan fingerprint density at radius 1 is 0.963 bits per heavy atom. The third kappa shape index (κ3) is 3.57. The standard InChI is InChI=1S/C20H21N3O4/c1-12-11-18(13(2)23(12)15-5-7-16(26-4)8-6-15)20(25)22-21-19(24)17-9-10-27-14(17)3/h5-11H,1-4H3,(H,21,24)(H,22,25). The highest BCUT2D eigenvalue weighted by Gasteiger charge is 2.18. The van der Waals surface area contributed by atoms with Gasteiger partial charge in [0.25, 0.3) is 11.8 Å². The quantitative estimate of drug-likeness (QED) is 0.694. The normalized spacial score (nSPS) is 10.5. The van der Waals surface area contributed by atoms with Gasteiger partial charge in [0.2, 0.25) is 0 Å². The molecule has 3 rings (SSSR count).